The molecule has 1 aromatic heterocycles. The molecule has 0 amide bonds. The van der Waals surface area contributed by atoms with Crippen molar-refractivity contribution in [2.75, 3.05) is 0 Å². The molecule has 0 atom stereocenters. The van der Waals surface area contributed by atoms with Crippen LogP contribution < -0.4 is 4.83 Å². The van der Waals surface area contributed by atoms with Gasteiger partial charge in [-0.25, -0.2) is 4.39 Å². The van der Waals surface area contributed by atoms with E-state index >= 15 is 0 Å². The number of hydrogen-bond acceptors (Lipinski definition) is 4. The number of furan rings is 1. The average molecular weight is 372 g/mol. The van der Waals surface area contributed by atoms with E-state index in [0.717, 1.165) is 5.56 Å². The van der Waals surface area contributed by atoms with E-state index in [1.807, 2.05) is 13.0 Å². The molecule has 1 heterocycles. The molecule has 0 aliphatic carbocycles. The number of halogens is 1. The van der Waals surface area contributed by atoms with Gasteiger partial charge in [0.2, 0.25) is 0 Å². The molecule has 3 aromatic rings. The van der Waals surface area contributed by atoms with Gasteiger partial charge in [0.25, 0.3) is 10.0 Å². The maximum atomic E-state index is 13.0. The number of hydrazone groups is 1. The fraction of sp³-hybridized carbons (Fsp3) is 0.105. The topological polar surface area (TPSA) is 71.7 Å². The van der Waals surface area contributed by atoms with Crippen LogP contribution in [0.15, 0.2) is 69.0 Å². The summed E-state index contributed by atoms with van der Waals surface area (Å²) in [6.45, 7) is 3.54. The Morgan fingerprint density at radius 1 is 1.04 bits per heavy atom. The van der Waals surface area contributed by atoms with E-state index in [1.165, 1.54) is 18.3 Å². The molecule has 0 spiro atoms. The zero-order valence-electron chi connectivity index (χ0n) is 14.2. The molecule has 2 aromatic carbocycles. The summed E-state index contributed by atoms with van der Waals surface area (Å²) < 4.78 is 43.3. The minimum absolute atomic E-state index is 0.182. The molecule has 0 aliphatic heterocycles. The number of rotatable bonds is 5. The van der Waals surface area contributed by atoms with Crippen LogP contribution in [0.1, 0.15) is 16.9 Å². The zero-order chi connectivity index (χ0) is 18.7. The van der Waals surface area contributed by atoms with Crippen LogP contribution >= 0.6 is 0 Å². The van der Waals surface area contributed by atoms with Gasteiger partial charge in [0, 0.05) is 5.56 Å². The lowest BCUT2D eigenvalue weighted by atomic mass is 10.2. The van der Waals surface area contributed by atoms with E-state index < -0.39 is 10.0 Å². The molecule has 0 aliphatic rings. The Hall–Kier alpha value is -2.93. The van der Waals surface area contributed by atoms with Crippen molar-refractivity contribution < 1.29 is 17.2 Å². The second kappa shape index (κ2) is 7.13. The van der Waals surface area contributed by atoms with Crippen molar-refractivity contribution >= 4 is 16.2 Å². The summed E-state index contributed by atoms with van der Waals surface area (Å²) in [4.78, 5) is 2.36. The van der Waals surface area contributed by atoms with Crippen LogP contribution in [0.3, 0.4) is 0 Å². The van der Waals surface area contributed by atoms with Crippen LogP contribution in [0.25, 0.3) is 11.3 Å². The third-order valence-electron chi connectivity index (χ3n) is 3.75. The number of aryl methyl sites for hydroxylation is 2. The van der Waals surface area contributed by atoms with Crippen LogP contribution in [0.4, 0.5) is 4.39 Å². The van der Waals surface area contributed by atoms with Gasteiger partial charge in [-0.05, 0) is 67.4 Å². The van der Waals surface area contributed by atoms with Crippen LogP contribution in [-0.4, -0.2) is 14.6 Å². The number of sulfonamides is 1. The highest BCUT2D eigenvalue weighted by atomic mass is 32.2. The molecule has 134 valence electrons. The lowest BCUT2D eigenvalue weighted by Crippen LogP contribution is -2.19. The lowest BCUT2D eigenvalue weighted by molar-refractivity contribution is 0.572. The highest BCUT2D eigenvalue weighted by Crippen LogP contribution is 2.22. The third kappa shape index (κ3) is 4.00. The Bertz CT molecular complexity index is 1050. The summed E-state index contributed by atoms with van der Waals surface area (Å²) in [5.41, 5.74) is 2.19. The summed E-state index contributed by atoms with van der Waals surface area (Å²) in [7, 11) is -3.76. The van der Waals surface area contributed by atoms with Gasteiger partial charge in [-0.1, -0.05) is 12.1 Å². The molecule has 0 radical (unpaired) electrons. The maximum absolute atomic E-state index is 13.0. The fourth-order valence-corrected chi connectivity index (χ4v) is 3.52. The second-order valence-corrected chi connectivity index (χ2v) is 7.46. The second-order valence-electron chi connectivity index (χ2n) is 5.83. The highest BCUT2D eigenvalue weighted by molar-refractivity contribution is 7.89. The molecule has 0 saturated carbocycles. The van der Waals surface area contributed by atoms with Crippen molar-refractivity contribution in [2.24, 2.45) is 5.10 Å². The summed E-state index contributed by atoms with van der Waals surface area (Å²) in [5.74, 6) is 0.569. The fourth-order valence-electron chi connectivity index (χ4n) is 2.40. The van der Waals surface area contributed by atoms with Gasteiger partial charge in [-0.15, -0.1) is 0 Å². The predicted octanol–water partition coefficient (Wildman–Crippen LogP) is 4.01. The van der Waals surface area contributed by atoms with Crippen molar-refractivity contribution in [1.29, 1.82) is 0 Å². The van der Waals surface area contributed by atoms with Crippen LogP contribution in [0.2, 0.25) is 0 Å². The van der Waals surface area contributed by atoms with Gasteiger partial charge in [-0.2, -0.15) is 18.4 Å². The van der Waals surface area contributed by atoms with E-state index in [-0.39, 0.29) is 10.7 Å². The predicted molar refractivity (Wildman–Crippen MR) is 97.9 cm³/mol. The Morgan fingerprint density at radius 2 is 1.77 bits per heavy atom. The van der Waals surface area contributed by atoms with Crippen molar-refractivity contribution in [1.82, 2.24) is 4.83 Å². The van der Waals surface area contributed by atoms with Gasteiger partial charge >= 0.3 is 0 Å². The van der Waals surface area contributed by atoms with Gasteiger partial charge in [0.15, 0.2) is 0 Å². The molecule has 7 heteroatoms. The highest BCUT2D eigenvalue weighted by Gasteiger charge is 2.15. The zero-order valence-corrected chi connectivity index (χ0v) is 15.0. The first-order chi connectivity index (χ1) is 12.3. The lowest BCUT2D eigenvalue weighted by Gasteiger charge is -2.07. The quantitative estimate of drug-likeness (QED) is 0.543. The van der Waals surface area contributed by atoms with Crippen molar-refractivity contribution in [3.63, 3.8) is 0 Å². The van der Waals surface area contributed by atoms with Crippen LogP contribution in [0.5, 0.6) is 0 Å². The van der Waals surface area contributed by atoms with Gasteiger partial charge in [0.05, 0.1) is 11.1 Å². The smallest absolute Gasteiger partial charge is 0.276 e. The molecule has 0 unspecified atom stereocenters. The normalized spacial score (nSPS) is 11.8. The SMILES string of the molecule is Cc1ccc(C)c(S(=O)(=O)N/N=C\c2ccc(-c3ccc(F)cc3)o2)c1. The first-order valence-electron chi connectivity index (χ1n) is 7.83. The summed E-state index contributed by atoms with van der Waals surface area (Å²) in [5, 5.41) is 3.76. The molecule has 26 heavy (non-hydrogen) atoms. The molecular formula is C19H17FN2O3S. The van der Waals surface area contributed by atoms with Gasteiger partial charge in [-0.3, -0.25) is 0 Å². The first kappa shape index (κ1) is 17.9. The number of nitrogens with zero attached hydrogens (tertiary/aromatic N) is 1. The Balaban J connectivity index is 1.74. The van der Waals surface area contributed by atoms with E-state index in [2.05, 4.69) is 9.93 Å². The summed E-state index contributed by atoms with van der Waals surface area (Å²) in [6.07, 6.45) is 1.27. The molecular weight excluding hydrogens is 355 g/mol. The number of nitrogens with one attached hydrogen (secondary N) is 1. The van der Waals surface area contributed by atoms with E-state index in [4.69, 9.17) is 4.42 Å². The van der Waals surface area contributed by atoms with Crippen LogP contribution in [0, 0.1) is 19.7 Å². The Labute approximate surface area is 151 Å². The van der Waals surface area contributed by atoms with Gasteiger partial charge < -0.3 is 4.42 Å². The molecule has 3 rings (SSSR count). The van der Waals surface area contributed by atoms with Crippen molar-refractivity contribution in [3.05, 3.63) is 77.3 Å². The van der Waals surface area contributed by atoms with E-state index in [0.29, 0.717) is 22.6 Å². The van der Waals surface area contributed by atoms with E-state index in [9.17, 15) is 12.8 Å². The molecule has 0 bridgehead atoms. The molecule has 0 fully saturated rings. The van der Waals surface area contributed by atoms with Crippen molar-refractivity contribution in [2.45, 2.75) is 18.7 Å². The monoisotopic (exact) mass is 372 g/mol. The van der Waals surface area contributed by atoms with Crippen molar-refractivity contribution in [3.8, 4) is 11.3 Å². The molecule has 0 saturated heterocycles. The summed E-state index contributed by atoms with van der Waals surface area (Å²) >= 11 is 0. The number of hydrogen-bond donors (Lipinski definition) is 1. The third-order valence-corrected chi connectivity index (χ3v) is 5.12. The molecule has 1 N–H and O–H groups in total. The summed E-state index contributed by atoms with van der Waals surface area (Å²) in [6, 6.07) is 14.4. The minimum atomic E-state index is -3.76. The Kier molecular flexibility index (Phi) is 4.90. The molecule has 5 nitrogen and oxygen atoms in total. The minimum Gasteiger partial charge on any atom is -0.455 e. The average Bonchev–Trinajstić information content (AvgIpc) is 3.06. The maximum Gasteiger partial charge on any atom is 0.276 e. The van der Waals surface area contributed by atoms with Crippen LogP contribution in [-0.2, 0) is 10.0 Å². The first-order valence-corrected chi connectivity index (χ1v) is 9.31. The van der Waals surface area contributed by atoms with E-state index in [1.54, 1.807) is 43.3 Å². The number of benzene rings is 2. The Morgan fingerprint density at radius 3 is 2.50 bits per heavy atom. The largest absolute Gasteiger partial charge is 0.455 e. The standard InChI is InChI=1S/C19H17FN2O3S/c1-13-3-4-14(2)19(11-13)26(23,24)22-21-12-17-9-10-18(25-17)15-5-7-16(20)8-6-15/h3-12,22H,1-2H3/b21-12-. The van der Waals surface area contributed by atoms with Gasteiger partial charge in [0.1, 0.15) is 17.3 Å².